The molecule has 240 valence electrons. The highest BCUT2D eigenvalue weighted by molar-refractivity contribution is 6.07. The molecule has 0 saturated carbocycles. The molecular formula is C44H43N3O. The van der Waals surface area contributed by atoms with Gasteiger partial charge in [0.05, 0.1) is 11.2 Å². The van der Waals surface area contributed by atoms with Crippen LogP contribution in [0.25, 0.3) is 61.3 Å². The largest absolute Gasteiger partial charge is 0.507 e. The number of aromatic nitrogens is 3. The number of para-hydroxylation sites is 1. The first kappa shape index (κ1) is 31.4. The molecule has 0 amide bonds. The number of rotatable bonds is 4. The molecule has 0 aliphatic heterocycles. The van der Waals surface area contributed by atoms with Gasteiger partial charge >= 0.3 is 0 Å². The quantitative estimate of drug-likeness (QED) is 0.211. The van der Waals surface area contributed by atoms with E-state index >= 15 is 0 Å². The van der Waals surface area contributed by atoms with Crippen LogP contribution < -0.4 is 0 Å². The number of hydrogen-bond donors (Lipinski definition) is 1. The third-order valence-electron chi connectivity index (χ3n) is 9.49. The third-order valence-corrected chi connectivity index (χ3v) is 9.49. The average molecular weight is 630 g/mol. The molecule has 0 unspecified atom stereocenters. The standard InChI is InChI=1S/C44H43N3O/c1-27-14-11-15-28(2)40(27)31-23-29(35-25-32(43(3,4)5)26-36(41(35)48)44(6,7)8)22-30(24-31)37-18-12-20-39(46-37)47-38-19-10-9-16-33(38)34-17-13-21-45-42(34)47/h9-26,48H,1-8H3. The van der Waals surface area contributed by atoms with Crippen LogP contribution in [0.5, 0.6) is 5.75 Å². The summed E-state index contributed by atoms with van der Waals surface area (Å²) in [7, 11) is 0. The summed E-state index contributed by atoms with van der Waals surface area (Å²) in [4.78, 5) is 10.1. The number of benzene rings is 4. The molecule has 4 nitrogen and oxygen atoms in total. The number of phenolic OH excluding ortho intramolecular Hbond substituents is 1. The fourth-order valence-corrected chi connectivity index (χ4v) is 6.94. The van der Waals surface area contributed by atoms with Crippen LogP contribution in [-0.2, 0) is 10.8 Å². The van der Waals surface area contributed by atoms with Gasteiger partial charge in [-0.1, -0.05) is 90.1 Å². The van der Waals surface area contributed by atoms with Crippen molar-refractivity contribution in [2.75, 3.05) is 0 Å². The summed E-state index contributed by atoms with van der Waals surface area (Å²) < 4.78 is 2.15. The summed E-state index contributed by atoms with van der Waals surface area (Å²) in [6, 6.07) is 36.1. The molecule has 7 aromatic rings. The number of fused-ring (bicyclic) bond motifs is 3. The third kappa shape index (κ3) is 5.45. The maximum atomic E-state index is 11.9. The molecule has 0 radical (unpaired) electrons. The molecule has 0 aliphatic carbocycles. The highest BCUT2D eigenvalue weighted by Gasteiger charge is 2.26. The molecule has 0 atom stereocenters. The highest BCUT2D eigenvalue weighted by Crippen LogP contribution is 2.44. The Balaban J connectivity index is 1.50. The van der Waals surface area contributed by atoms with Crippen LogP contribution in [0.1, 0.15) is 63.8 Å². The molecule has 0 aliphatic rings. The molecule has 0 bridgehead atoms. The second-order valence-corrected chi connectivity index (χ2v) is 15.1. The summed E-state index contributed by atoms with van der Waals surface area (Å²) in [5.41, 5.74) is 12.1. The van der Waals surface area contributed by atoms with E-state index in [9.17, 15) is 5.11 Å². The number of aromatic hydroxyl groups is 1. The van der Waals surface area contributed by atoms with Gasteiger partial charge in [-0.05, 0) is 113 Å². The molecule has 48 heavy (non-hydrogen) atoms. The van der Waals surface area contributed by atoms with Crippen molar-refractivity contribution in [1.29, 1.82) is 0 Å². The Bertz CT molecular complexity index is 2270. The Kier molecular flexibility index (Phi) is 7.51. The van der Waals surface area contributed by atoms with Crippen LogP contribution in [0.3, 0.4) is 0 Å². The van der Waals surface area contributed by atoms with Gasteiger partial charge in [0.25, 0.3) is 0 Å². The SMILES string of the molecule is Cc1cccc(C)c1-c1cc(-c2cccc(-n3c4ccccc4c4cccnc43)n2)cc(-c2cc(C(C)(C)C)cc(C(C)(C)C)c2O)c1. The van der Waals surface area contributed by atoms with Gasteiger partial charge in [-0.25, -0.2) is 9.97 Å². The van der Waals surface area contributed by atoms with Gasteiger partial charge in [0.15, 0.2) is 0 Å². The lowest BCUT2D eigenvalue weighted by Gasteiger charge is -2.28. The molecule has 0 spiro atoms. The Labute approximate surface area is 283 Å². The zero-order chi connectivity index (χ0) is 34.0. The van der Waals surface area contributed by atoms with E-state index in [0.717, 1.165) is 61.3 Å². The monoisotopic (exact) mass is 629 g/mol. The van der Waals surface area contributed by atoms with E-state index in [1.807, 2.05) is 12.3 Å². The topological polar surface area (TPSA) is 50.9 Å². The van der Waals surface area contributed by atoms with Crippen molar-refractivity contribution in [3.05, 3.63) is 132 Å². The predicted molar refractivity (Wildman–Crippen MR) is 201 cm³/mol. The summed E-state index contributed by atoms with van der Waals surface area (Å²) in [5, 5.41) is 14.2. The first-order valence-corrected chi connectivity index (χ1v) is 16.7. The summed E-state index contributed by atoms with van der Waals surface area (Å²) in [6.07, 6.45) is 1.84. The van der Waals surface area contributed by atoms with E-state index < -0.39 is 0 Å². The van der Waals surface area contributed by atoms with E-state index in [2.05, 4.69) is 157 Å². The van der Waals surface area contributed by atoms with Crippen LogP contribution >= 0.6 is 0 Å². The summed E-state index contributed by atoms with van der Waals surface area (Å²) in [6.45, 7) is 17.5. The normalized spacial score (nSPS) is 12.2. The highest BCUT2D eigenvalue weighted by atomic mass is 16.3. The predicted octanol–water partition coefficient (Wildman–Crippen LogP) is 11.5. The van der Waals surface area contributed by atoms with Crippen molar-refractivity contribution >= 4 is 21.9 Å². The van der Waals surface area contributed by atoms with Gasteiger partial charge in [-0.3, -0.25) is 4.57 Å². The minimum atomic E-state index is -0.237. The summed E-state index contributed by atoms with van der Waals surface area (Å²) >= 11 is 0. The Hall–Kier alpha value is -5.22. The van der Waals surface area contributed by atoms with Crippen molar-refractivity contribution in [3.63, 3.8) is 0 Å². The van der Waals surface area contributed by atoms with E-state index in [0.29, 0.717) is 5.75 Å². The van der Waals surface area contributed by atoms with Crippen molar-refractivity contribution in [1.82, 2.24) is 14.5 Å². The van der Waals surface area contributed by atoms with Gasteiger partial charge in [-0.2, -0.15) is 0 Å². The maximum Gasteiger partial charge on any atom is 0.146 e. The van der Waals surface area contributed by atoms with E-state index in [4.69, 9.17) is 9.97 Å². The lowest BCUT2D eigenvalue weighted by Crippen LogP contribution is -2.17. The van der Waals surface area contributed by atoms with Crippen molar-refractivity contribution in [2.45, 2.75) is 66.2 Å². The Morgan fingerprint density at radius 2 is 1.29 bits per heavy atom. The number of nitrogens with zero attached hydrogens (tertiary/aromatic N) is 3. The molecule has 3 aromatic heterocycles. The van der Waals surface area contributed by atoms with Gasteiger partial charge in [-0.15, -0.1) is 0 Å². The lowest BCUT2D eigenvalue weighted by atomic mass is 9.78. The second kappa shape index (κ2) is 11.5. The smallest absolute Gasteiger partial charge is 0.146 e. The number of phenols is 1. The summed E-state index contributed by atoms with van der Waals surface area (Å²) in [5.74, 6) is 1.14. The van der Waals surface area contributed by atoms with Gasteiger partial charge in [0.1, 0.15) is 17.2 Å². The second-order valence-electron chi connectivity index (χ2n) is 15.1. The minimum absolute atomic E-state index is 0.0955. The van der Waals surface area contributed by atoms with Crippen LogP contribution in [0.15, 0.2) is 109 Å². The van der Waals surface area contributed by atoms with E-state index in [1.54, 1.807) is 0 Å². The lowest BCUT2D eigenvalue weighted by molar-refractivity contribution is 0.446. The van der Waals surface area contributed by atoms with Crippen LogP contribution in [0.4, 0.5) is 0 Å². The van der Waals surface area contributed by atoms with Gasteiger partial charge < -0.3 is 5.11 Å². The first-order chi connectivity index (χ1) is 22.8. The average Bonchev–Trinajstić information content (AvgIpc) is 3.38. The van der Waals surface area contributed by atoms with Crippen molar-refractivity contribution in [3.8, 4) is 45.1 Å². The number of hydrogen-bond acceptors (Lipinski definition) is 3. The van der Waals surface area contributed by atoms with Crippen molar-refractivity contribution < 1.29 is 5.11 Å². The van der Waals surface area contributed by atoms with Crippen LogP contribution in [0.2, 0.25) is 0 Å². The Morgan fingerprint density at radius 1 is 0.625 bits per heavy atom. The van der Waals surface area contributed by atoms with Gasteiger partial charge in [0.2, 0.25) is 0 Å². The molecule has 1 N–H and O–H groups in total. The first-order valence-electron chi connectivity index (χ1n) is 16.7. The molecule has 0 fully saturated rings. The molecule has 0 saturated heterocycles. The minimum Gasteiger partial charge on any atom is -0.507 e. The van der Waals surface area contributed by atoms with Crippen molar-refractivity contribution in [2.24, 2.45) is 0 Å². The van der Waals surface area contributed by atoms with Gasteiger partial charge in [0, 0.05) is 33.7 Å². The molecule has 3 heterocycles. The number of aryl methyl sites for hydroxylation is 2. The molecule has 7 rings (SSSR count). The van der Waals surface area contributed by atoms with E-state index in [1.165, 1.54) is 22.3 Å². The fraction of sp³-hybridized carbons (Fsp3) is 0.227. The van der Waals surface area contributed by atoms with Crippen LogP contribution in [-0.4, -0.2) is 19.6 Å². The van der Waals surface area contributed by atoms with Crippen LogP contribution in [0, 0.1) is 13.8 Å². The zero-order valence-corrected chi connectivity index (χ0v) is 29.2. The molecule has 4 aromatic carbocycles. The van der Waals surface area contributed by atoms with E-state index in [-0.39, 0.29) is 10.8 Å². The Morgan fingerprint density at radius 3 is 2.02 bits per heavy atom. The molecular weight excluding hydrogens is 587 g/mol. The zero-order valence-electron chi connectivity index (χ0n) is 29.2. The fourth-order valence-electron chi connectivity index (χ4n) is 6.94. The number of pyridine rings is 2. The molecule has 4 heteroatoms. The maximum absolute atomic E-state index is 11.9.